The summed E-state index contributed by atoms with van der Waals surface area (Å²) in [7, 11) is 3.09. The van der Waals surface area contributed by atoms with Crippen molar-refractivity contribution in [2.75, 3.05) is 25.7 Å². The van der Waals surface area contributed by atoms with Crippen molar-refractivity contribution in [1.29, 1.82) is 0 Å². The first-order chi connectivity index (χ1) is 12.2. The second kappa shape index (κ2) is 8.31. The summed E-state index contributed by atoms with van der Waals surface area (Å²) < 4.78 is 12.2. The summed E-state index contributed by atoms with van der Waals surface area (Å²) in [5.41, 5.74) is 14.8. The fourth-order valence-corrected chi connectivity index (χ4v) is 4.04. The smallest absolute Gasteiger partial charge is 0.156 e. The van der Waals surface area contributed by atoms with Gasteiger partial charge in [-0.2, -0.15) is 0 Å². The Morgan fingerprint density at radius 2 is 1.19 bits per heavy atom. The maximum atomic E-state index is 13.1. The Balaban J connectivity index is 2.40. The van der Waals surface area contributed by atoms with Crippen molar-refractivity contribution >= 4 is 49.0 Å². The summed E-state index contributed by atoms with van der Waals surface area (Å²) in [6.45, 7) is 3.67. The summed E-state index contributed by atoms with van der Waals surface area (Å²) in [6.07, 6.45) is 0. The monoisotopic (exact) mass is 484 g/mol. The lowest BCUT2D eigenvalue weighted by molar-refractivity contribution is -0.121. The van der Waals surface area contributed by atoms with Crippen LogP contribution < -0.4 is 20.9 Å². The van der Waals surface area contributed by atoms with Crippen LogP contribution in [0.3, 0.4) is 0 Å². The minimum Gasteiger partial charge on any atom is -0.493 e. The third-order valence-electron chi connectivity index (χ3n) is 4.56. The van der Waals surface area contributed by atoms with Crippen molar-refractivity contribution in [3.05, 3.63) is 44.3 Å². The molecule has 2 aromatic carbocycles. The number of Topliss-reactive ketones (excluding diaryl/α,β-unsaturated/α-hetero) is 1. The van der Waals surface area contributed by atoms with Gasteiger partial charge in [0.25, 0.3) is 0 Å². The number of carbonyl (C=O) groups excluding carboxylic acids is 1. The lowest BCUT2D eigenvalue weighted by Gasteiger charge is -2.22. The standard InChI is InChI=1S/C19H22Br2N2O3/c1-9(11-5-7-13(20)18(25-3)15(11)22)17(24)10(2)12-6-8-14(21)19(26-4)16(12)23/h5-10H,22-23H2,1-4H3. The van der Waals surface area contributed by atoms with Gasteiger partial charge in [0, 0.05) is 11.8 Å². The van der Waals surface area contributed by atoms with Crippen molar-refractivity contribution in [1.82, 2.24) is 0 Å². The Labute approximate surface area is 170 Å². The van der Waals surface area contributed by atoms with E-state index in [1.807, 2.05) is 38.1 Å². The van der Waals surface area contributed by atoms with Gasteiger partial charge in [-0.25, -0.2) is 0 Å². The molecule has 7 heteroatoms. The lowest BCUT2D eigenvalue weighted by atomic mass is 9.84. The van der Waals surface area contributed by atoms with Crippen LogP contribution in [0.1, 0.15) is 36.8 Å². The maximum Gasteiger partial charge on any atom is 0.156 e. The van der Waals surface area contributed by atoms with Crippen molar-refractivity contribution in [2.45, 2.75) is 25.7 Å². The van der Waals surface area contributed by atoms with Crippen LogP contribution >= 0.6 is 31.9 Å². The molecule has 0 aromatic heterocycles. The first-order valence-electron chi connectivity index (χ1n) is 8.01. The molecular formula is C19H22Br2N2O3. The van der Waals surface area contributed by atoms with Crippen LogP contribution in [-0.2, 0) is 4.79 Å². The van der Waals surface area contributed by atoms with E-state index in [1.54, 1.807) is 14.2 Å². The van der Waals surface area contributed by atoms with Gasteiger partial charge in [0.2, 0.25) is 0 Å². The molecule has 0 amide bonds. The van der Waals surface area contributed by atoms with Crippen LogP contribution in [0, 0.1) is 0 Å². The molecule has 2 aromatic rings. The zero-order chi connectivity index (χ0) is 19.6. The van der Waals surface area contributed by atoms with Gasteiger partial charge in [-0.1, -0.05) is 26.0 Å². The molecule has 0 fully saturated rings. The number of nitrogen functional groups attached to an aromatic ring is 2. The van der Waals surface area contributed by atoms with Gasteiger partial charge in [-0.3, -0.25) is 4.79 Å². The number of rotatable bonds is 6. The van der Waals surface area contributed by atoms with Crippen LogP contribution in [0.15, 0.2) is 33.2 Å². The van der Waals surface area contributed by atoms with Gasteiger partial charge in [-0.05, 0) is 55.1 Å². The van der Waals surface area contributed by atoms with Gasteiger partial charge in [0.05, 0.1) is 34.5 Å². The molecule has 0 radical (unpaired) electrons. The predicted molar refractivity (Wildman–Crippen MR) is 112 cm³/mol. The number of ketones is 1. The Hall–Kier alpha value is -1.73. The molecule has 0 bridgehead atoms. The third-order valence-corrected chi connectivity index (χ3v) is 5.81. The van der Waals surface area contributed by atoms with E-state index in [1.165, 1.54) is 0 Å². The summed E-state index contributed by atoms with van der Waals surface area (Å²) in [5, 5.41) is 0. The summed E-state index contributed by atoms with van der Waals surface area (Å²) in [5.74, 6) is 0.235. The quantitative estimate of drug-likeness (QED) is 0.570. The van der Waals surface area contributed by atoms with E-state index in [-0.39, 0.29) is 5.78 Å². The summed E-state index contributed by atoms with van der Waals surface area (Å²) in [4.78, 5) is 13.1. The average Bonchev–Trinajstić information content (AvgIpc) is 2.61. The molecule has 26 heavy (non-hydrogen) atoms. The normalized spacial score (nSPS) is 13.2. The minimum atomic E-state index is -0.416. The van der Waals surface area contributed by atoms with E-state index >= 15 is 0 Å². The fraction of sp³-hybridized carbons (Fsp3) is 0.316. The highest BCUT2D eigenvalue weighted by Gasteiger charge is 2.28. The first-order valence-corrected chi connectivity index (χ1v) is 9.60. The first kappa shape index (κ1) is 20.6. The largest absolute Gasteiger partial charge is 0.493 e. The number of halogens is 2. The van der Waals surface area contributed by atoms with Crippen LogP contribution in [-0.4, -0.2) is 20.0 Å². The number of methoxy groups -OCH3 is 2. The van der Waals surface area contributed by atoms with E-state index in [0.29, 0.717) is 22.9 Å². The molecule has 2 atom stereocenters. The number of hydrogen-bond acceptors (Lipinski definition) is 5. The van der Waals surface area contributed by atoms with Gasteiger partial charge >= 0.3 is 0 Å². The Morgan fingerprint density at radius 1 is 0.846 bits per heavy atom. The second-order valence-corrected chi connectivity index (χ2v) is 7.72. The van der Waals surface area contributed by atoms with Gasteiger partial charge in [-0.15, -0.1) is 0 Å². The third kappa shape index (κ3) is 3.69. The van der Waals surface area contributed by atoms with Gasteiger partial charge in [0.15, 0.2) is 11.5 Å². The SMILES string of the molecule is COc1c(Br)ccc(C(C)C(=O)C(C)c2ccc(Br)c(OC)c2N)c1N. The molecule has 0 spiro atoms. The topological polar surface area (TPSA) is 87.6 Å². The van der Waals surface area contributed by atoms with Crippen molar-refractivity contribution in [3.63, 3.8) is 0 Å². The van der Waals surface area contributed by atoms with Crippen molar-refractivity contribution in [3.8, 4) is 11.5 Å². The highest BCUT2D eigenvalue weighted by Crippen LogP contribution is 2.41. The highest BCUT2D eigenvalue weighted by atomic mass is 79.9. The average molecular weight is 486 g/mol. The van der Waals surface area contributed by atoms with Crippen LogP contribution in [0.25, 0.3) is 0 Å². The molecule has 140 valence electrons. The molecule has 0 heterocycles. The molecule has 2 rings (SSSR count). The second-order valence-electron chi connectivity index (χ2n) is 6.01. The molecule has 0 saturated heterocycles. The van der Waals surface area contributed by atoms with Crippen LogP contribution in [0.4, 0.5) is 11.4 Å². The van der Waals surface area contributed by atoms with Crippen molar-refractivity contribution in [2.24, 2.45) is 0 Å². The number of nitrogens with two attached hydrogens (primary N) is 2. The molecule has 4 N–H and O–H groups in total. The molecule has 2 unspecified atom stereocenters. The zero-order valence-electron chi connectivity index (χ0n) is 15.1. The molecule has 0 saturated carbocycles. The maximum absolute atomic E-state index is 13.1. The van der Waals surface area contributed by atoms with Crippen molar-refractivity contribution < 1.29 is 14.3 Å². The molecule has 0 aliphatic carbocycles. The summed E-state index contributed by atoms with van der Waals surface area (Å²) >= 11 is 6.80. The molecule has 0 aliphatic rings. The van der Waals surface area contributed by atoms with E-state index in [4.69, 9.17) is 20.9 Å². The fourth-order valence-electron chi connectivity index (χ4n) is 3.03. The molecule has 5 nitrogen and oxygen atoms in total. The summed E-state index contributed by atoms with van der Waals surface area (Å²) in [6, 6.07) is 7.33. The molecule has 0 aliphatic heterocycles. The number of benzene rings is 2. The number of ether oxygens (including phenoxy) is 2. The Bertz CT molecular complexity index is 773. The number of hydrogen-bond donors (Lipinski definition) is 2. The number of anilines is 2. The van der Waals surface area contributed by atoms with E-state index < -0.39 is 11.8 Å². The zero-order valence-corrected chi connectivity index (χ0v) is 18.3. The van der Waals surface area contributed by atoms with Gasteiger partial charge in [0.1, 0.15) is 5.78 Å². The Morgan fingerprint density at radius 3 is 1.50 bits per heavy atom. The lowest BCUT2D eigenvalue weighted by Crippen LogP contribution is -2.19. The minimum absolute atomic E-state index is 0.0113. The number of carbonyl (C=O) groups is 1. The Kier molecular flexibility index (Phi) is 6.58. The van der Waals surface area contributed by atoms with Gasteiger partial charge < -0.3 is 20.9 Å². The van der Waals surface area contributed by atoms with Crippen LogP contribution in [0.5, 0.6) is 11.5 Å². The van der Waals surface area contributed by atoms with E-state index in [0.717, 1.165) is 20.1 Å². The van der Waals surface area contributed by atoms with E-state index in [9.17, 15) is 4.79 Å². The predicted octanol–water partition coefficient (Wildman–Crippen LogP) is 4.87. The van der Waals surface area contributed by atoms with E-state index in [2.05, 4.69) is 31.9 Å². The van der Waals surface area contributed by atoms with Crippen LogP contribution in [0.2, 0.25) is 0 Å². The highest BCUT2D eigenvalue weighted by molar-refractivity contribution is 9.10. The molecular weight excluding hydrogens is 464 g/mol.